The summed E-state index contributed by atoms with van der Waals surface area (Å²) < 4.78 is 4.22. The van der Waals surface area contributed by atoms with Gasteiger partial charge in [-0.2, -0.15) is 9.36 Å². The Bertz CT molecular complexity index is 1540. The zero-order chi connectivity index (χ0) is 29.2. The van der Waals surface area contributed by atoms with E-state index in [2.05, 4.69) is 25.3 Å². The summed E-state index contributed by atoms with van der Waals surface area (Å²) >= 11 is 4.07. The number of thioether (sulfide) groups is 2. The van der Waals surface area contributed by atoms with E-state index < -0.39 is 5.91 Å². The van der Waals surface area contributed by atoms with Crippen LogP contribution in [0, 0.1) is 6.92 Å². The molecule has 0 bridgehead atoms. The lowest BCUT2D eigenvalue weighted by Gasteiger charge is -2.13. The molecule has 1 unspecified atom stereocenters. The van der Waals surface area contributed by atoms with Crippen molar-refractivity contribution < 1.29 is 14.4 Å². The topological polar surface area (TPSA) is 113 Å². The van der Waals surface area contributed by atoms with Crippen LogP contribution < -0.4 is 16.0 Å². The van der Waals surface area contributed by atoms with E-state index in [4.69, 9.17) is 0 Å². The number of aryl methyl sites for hydroxylation is 1. The van der Waals surface area contributed by atoms with Crippen LogP contribution in [-0.2, 0) is 9.59 Å². The molecular weight excluding hydrogens is 575 g/mol. The Balaban J connectivity index is 1.41. The maximum absolute atomic E-state index is 13.3. The van der Waals surface area contributed by atoms with Crippen LogP contribution in [0.15, 0.2) is 94.6 Å². The summed E-state index contributed by atoms with van der Waals surface area (Å²) in [6, 6.07) is 23.6. The molecule has 210 valence electrons. The van der Waals surface area contributed by atoms with Crippen molar-refractivity contribution in [2.75, 3.05) is 16.4 Å². The summed E-state index contributed by atoms with van der Waals surface area (Å²) in [7, 11) is 0. The van der Waals surface area contributed by atoms with Gasteiger partial charge in [-0.1, -0.05) is 66.7 Å². The van der Waals surface area contributed by atoms with E-state index in [9.17, 15) is 14.4 Å². The molecule has 3 amide bonds. The molecule has 0 aliphatic carbocycles. The van der Waals surface area contributed by atoms with Crippen molar-refractivity contribution in [1.29, 1.82) is 0 Å². The van der Waals surface area contributed by atoms with Crippen molar-refractivity contribution in [3.8, 4) is 0 Å². The van der Waals surface area contributed by atoms with Gasteiger partial charge in [0.25, 0.3) is 11.8 Å². The lowest BCUT2D eigenvalue weighted by Crippen LogP contribution is -2.30. The van der Waals surface area contributed by atoms with Gasteiger partial charge in [-0.3, -0.25) is 19.7 Å². The van der Waals surface area contributed by atoms with Crippen LogP contribution in [0.1, 0.15) is 35.3 Å². The Hall–Kier alpha value is -3.93. The first-order valence-electron chi connectivity index (χ1n) is 12.8. The van der Waals surface area contributed by atoms with E-state index in [0.717, 1.165) is 33.3 Å². The van der Waals surface area contributed by atoms with Crippen molar-refractivity contribution in [2.45, 2.75) is 36.1 Å². The number of aromatic nitrogens is 2. The molecule has 4 rings (SSSR count). The van der Waals surface area contributed by atoms with Crippen LogP contribution >= 0.6 is 35.1 Å². The predicted octanol–water partition coefficient (Wildman–Crippen LogP) is 6.49. The van der Waals surface area contributed by atoms with Crippen LogP contribution in [0.4, 0.5) is 10.8 Å². The van der Waals surface area contributed by atoms with E-state index in [0.29, 0.717) is 21.5 Å². The fraction of sp³-hybridized carbons (Fsp3) is 0.167. The van der Waals surface area contributed by atoms with Crippen LogP contribution in [0.2, 0.25) is 0 Å². The molecule has 3 aromatic carbocycles. The lowest BCUT2D eigenvalue weighted by atomic mass is 10.1. The van der Waals surface area contributed by atoms with E-state index in [1.54, 1.807) is 42.5 Å². The number of carbonyl (C=O) groups excluding carboxylic acids is 3. The van der Waals surface area contributed by atoms with Crippen molar-refractivity contribution in [2.24, 2.45) is 0 Å². The number of hydrogen-bond donors (Lipinski definition) is 3. The molecule has 3 N–H and O–H groups in total. The number of carbonyl (C=O) groups is 3. The maximum Gasteiger partial charge on any atom is 0.272 e. The molecule has 41 heavy (non-hydrogen) atoms. The summed E-state index contributed by atoms with van der Waals surface area (Å²) in [5.41, 5.74) is 2.94. The number of amides is 3. The molecule has 0 saturated heterocycles. The second-order valence-corrected chi connectivity index (χ2v) is 12.2. The summed E-state index contributed by atoms with van der Waals surface area (Å²) in [5.74, 6) is -0.148. The molecule has 0 fully saturated rings. The van der Waals surface area contributed by atoms with Gasteiger partial charge in [0, 0.05) is 27.7 Å². The fourth-order valence-electron chi connectivity index (χ4n) is 3.60. The summed E-state index contributed by atoms with van der Waals surface area (Å²) in [6.07, 6.45) is 1.65. The zero-order valence-corrected chi connectivity index (χ0v) is 25.2. The standard InChI is InChI=1S/C30H29N5O3S3/c1-4-39-30-34-29(41-35-30)33-26(36)20(3)40-24-15-13-23(14-16-24)31-28(38)25(18-21-10-8-9-19(2)17-21)32-27(37)22-11-6-5-7-12-22/h5-18,20H,4H2,1-3H3,(H,31,38)(H,32,37)(H,33,34,35,36)/b25-18-. The summed E-state index contributed by atoms with van der Waals surface area (Å²) in [4.78, 5) is 43.9. The first-order valence-corrected chi connectivity index (χ1v) is 15.4. The Morgan fingerprint density at radius 2 is 1.73 bits per heavy atom. The molecule has 1 atom stereocenters. The zero-order valence-electron chi connectivity index (χ0n) is 22.7. The molecule has 1 heterocycles. The third-order valence-corrected chi connectivity index (χ3v) is 8.17. The second-order valence-electron chi connectivity index (χ2n) is 8.84. The number of nitrogens with zero attached hydrogens (tertiary/aromatic N) is 2. The SMILES string of the molecule is CCSc1nsc(NC(=O)C(C)Sc2ccc(NC(=O)/C(=C/c3cccc(C)c3)NC(=O)c3ccccc3)cc2)n1. The van der Waals surface area contributed by atoms with E-state index in [1.165, 1.54) is 23.5 Å². The Labute approximate surface area is 251 Å². The predicted molar refractivity (Wildman–Crippen MR) is 168 cm³/mol. The number of hydrogen-bond acceptors (Lipinski definition) is 8. The van der Waals surface area contributed by atoms with Gasteiger partial charge in [0.2, 0.25) is 16.2 Å². The summed E-state index contributed by atoms with van der Waals surface area (Å²) in [5, 5.41) is 9.18. The largest absolute Gasteiger partial charge is 0.321 e. The molecule has 11 heteroatoms. The normalized spacial score (nSPS) is 11.9. The highest BCUT2D eigenvalue weighted by Crippen LogP contribution is 2.27. The van der Waals surface area contributed by atoms with Gasteiger partial charge in [0.15, 0.2) is 0 Å². The minimum atomic E-state index is -0.457. The third kappa shape index (κ3) is 9.04. The van der Waals surface area contributed by atoms with Gasteiger partial charge in [-0.15, -0.1) is 11.8 Å². The Morgan fingerprint density at radius 1 is 0.976 bits per heavy atom. The average molecular weight is 604 g/mol. The van der Waals surface area contributed by atoms with Crippen LogP contribution in [0.3, 0.4) is 0 Å². The summed E-state index contributed by atoms with van der Waals surface area (Å²) in [6.45, 7) is 5.79. The van der Waals surface area contributed by atoms with Crippen molar-refractivity contribution >= 4 is 69.7 Å². The fourth-order valence-corrected chi connectivity index (χ4v) is 5.74. The van der Waals surface area contributed by atoms with Gasteiger partial charge < -0.3 is 10.6 Å². The second kappa shape index (κ2) is 14.6. The first kappa shape index (κ1) is 30.0. The van der Waals surface area contributed by atoms with Crippen LogP contribution in [0.5, 0.6) is 0 Å². The molecule has 8 nitrogen and oxygen atoms in total. The lowest BCUT2D eigenvalue weighted by molar-refractivity contribution is -0.115. The van der Waals surface area contributed by atoms with Gasteiger partial charge >= 0.3 is 0 Å². The molecule has 0 saturated carbocycles. The van der Waals surface area contributed by atoms with Crippen molar-refractivity contribution in [3.63, 3.8) is 0 Å². The van der Waals surface area contributed by atoms with Crippen molar-refractivity contribution in [1.82, 2.24) is 14.7 Å². The highest BCUT2D eigenvalue weighted by molar-refractivity contribution is 8.00. The van der Waals surface area contributed by atoms with Gasteiger partial charge in [0.1, 0.15) is 5.70 Å². The quantitative estimate of drug-likeness (QED) is 0.133. The molecule has 0 spiro atoms. The maximum atomic E-state index is 13.3. The van der Waals surface area contributed by atoms with Crippen LogP contribution in [0.25, 0.3) is 6.08 Å². The number of nitrogens with one attached hydrogen (secondary N) is 3. The van der Waals surface area contributed by atoms with E-state index in [1.807, 2.05) is 63.2 Å². The molecule has 0 aliphatic heterocycles. The average Bonchev–Trinajstić information content (AvgIpc) is 3.41. The van der Waals surface area contributed by atoms with Gasteiger partial charge in [-0.05, 0) is 67.6 Å². The molecule has 4 aromatic rings. The van der Waals surface area contributed by atoms with E-state index in [-0.39, 0.29) is 22.8 Å². The Morgan fingerprint density at radius 3 is 2.44 bits per heavy atom. The monoisotopic (exact) mass is 603 g/mol. The number of anilines is 2. The van der Waals surface area contributed by atoms with Gasteiger partial charge in [-0.25, -0.2) is 0 Å². The van der Waals surface area contributed by atoms with E-state index >= 15 is 0 Å². The third-order valence-electron chi connectivity index (χ3n) is 5.59. The number of rotatable bonds is 11. The smallest absolute Gasteiger partial charge is 0.272 e. The van der Waals surface area contributed by atoms with Gasteiger partial charge in [0.05, 0.1) is 5.25 Å². The molecule has 0 aliphatic rings. The first-order chi connectivity index (χ1) is 19.8. The molecule has 0 radical (unpaired) electrons. The highest BCUT2D eigenvalue weighted by Gasteiger charge is 2.18. The minimum Gasteiger partial charge on any atom is -0.321 e. The number of benzene rings is 3. The molecule has 1 aromatic heterocycles. The Kier molecular flexibility index (Phi) is 10.7. The van der Waals surface area contributed by atoms with Crippen LogP contribution in [-0.4, -0.2) is 38.1 Å². The minimum absolute atomic E-state index is 0.116. The highest BCUT2D eigenvalue weighted by atomic mass is 32.2. The van der Waals surface area contributed by atoms with Crippen molar-refractivity contribution in [3.05, 3.63) is 101 Å². The molecular formula is C30H29N5O3S3.